The molecule has 286 valence electrons. The van der Waals surface area contributed by atoms with Crippen molar-refractivity contribution in [3.05, 3.63) is 36.5 Å². The average Bonchev–Trinajstić information content (AvgIpc) is 3.66. The van der Waals surface area contributed by atoms with Crippen LogP contribution in [0.4, 0.5) is 0 Å². The summed E-state index contributed by atoms with van der Waals surface area (Å²) in [6, 6.07) is 0. The molecule has 0 amide bonds. The first kappa shape index (κ1) is 37.3. The van der Waals surface area contributed by atoms with Crippen molar-refractivity contribution in [3.8, 4) is 0 Å². The molecule has 0 spiro atoms. The predicted octanol–water partition coefficient (Wildman–Crippen LogP) is 6.07. The fourth-order valence-corrected chi connectivity index (χ4v) is 13.0. The quantitative estimate of drug-likeness (QED) is 0.180. The molecule has 10 heteroatoms. The van der Waals surface area contributed by atoms with Gasteiger partial charge in [0.2, 0.25) is 0 Å². The first-order valence-corrected chi connectivity index (χ1v) is 19.7. The van der Waals surface area contributed by atoms with Gasteiger partial charge in [-0.3, -0.25) is 4.79 Å². The lowest BCUT2D eigenvalue weighted by molar-refractivity contribution is -0.260. The molecule has 52 heavy (non-hydrogen) atoms. The van der Waals surface area contributed by atoms with Crippen molar-refractivity contribution in [2.24, 2.45) is 47.3 Å². The van der Waals surface area contributed by atoms with E-state index in [9.17, 15) is 29.4 Å². The molecular weight excluding hydrogens is 664 g/mol. The molecule has 1 saturated heterocycles. The van der Waals surface area contributed by atoms with Gasteiger partial charge in [-0.25, -0.2) is 14.4 Å². The molecule has 10 saturated carbocycles. The second-order valence-corrected chi connectivity index (χ2v) is 18.6. The summed E-state index contributed by atoms with van der Waals surface area (Å²) in [6.07, 6.45) is 12.4. The van der Waals surface area contributed by atoms with Gasteiger partial charge in [0.25, 0.3) is 0 Å². The van der Waals surface area contributed by atoms with Gasteiger partial charge < -0.3 is 29.2 Å². The predicted molar refractivity (Wildman–Crippen MR) is 190 cm³/mol. The number of esters is 4. The van der Waals surface area contributed by atoms with Gasteiger partial charge in [0.1, 0.15) is 23.4 Å². The molecule has 11 rings (SSSR count). The van der Waals surface area contributed by atoms with Crippen LogP contribution in [0, 0.1) is 47.3 Å². The third-order valence-electron chi connectivity index (χ3n) is 14.3. The third kappa shape index (κ3) is 6.58. The van der Waals surface area contributed by atoms with Crippen LogP contribution in [0.5, 0.6) is 0 Å². The van der Waals surface area contributed by atoms with Crippen LogP contribution in [0.2, 0.25) is 0 Å². The van der Waals surface area contributed by atoms with E-state index in [1.807, 2.05) is 0 Å². The number of rotatable bonds is 7. The Bertz CT molecular complexity index is 1510. The molecule has 0 aromatic carbocycles. The number of ether oxygens (including phenoxy) is 4. The van der Waals surface area contributed by atoms with E-state index < -0.39 is 22.8 Å². The van der Waals surface area contributed by atoms with Crippen molar-refractivity contribution in [2.75, 3.05) is 0 Å². The normalized spacial score (nSPS) is 45.9. The van der Waals surface area contributed by atoms with Gasteiger partial charge in [0, 0.05) is 47.8 Å². The molecule has 0 aromatic heterocycles. The molecule has 0 aromatic rings. The summed E-state index contributed by atoms with van der Waals surface area (Å²) in [7, 11) is 0. The SMILES string of the molecule is C=C(C)C(=O)OC1(CC)C2CC3CC(C2)CC1C3.C=C(C)C(=O)OC12CC3CC(O)(CC(O)(C3)C1)C2.C=C(C)C(=O)OC1C2CC3C(=O)OC1C3C2. The highest BCUT2D eigenvalue weighted by molar-refractivity contribution is 5.88. The number of fused-ring (bicyclic) bond motifs is 1. The van der Waals surface area contributed by atoms with E-state index in [1.165, 1.54) is 32.1 Å². The van der Waals surface area contributed by atoms with Gasteiger partial charge in [0.05, 0.1) is 17.1 Å². The maximum Gasteiger partial charge on any atom is 0.333 e. The monoisotopic (exact) mass is 722 g/mol. The Kier molecular flexibility index (Phi) is 9.41. The zero-order valence-electron chi connectivity index (χ0n) is 31.5. The minimum atomic E-state index is -0.858. The fraction of sp³-hybridized carbons (Fsp3) is 0.762. The van der Waals surface area contributed by atoms with Crippen LogP contribution in [-0.2, 0) is 38.1 Å². The van der Waals surface area contributed by atoms with Gasteiger partial charge in [-0.05, 0) is 121 Å². The van der Waals surface area contributed by atoms with Crippen LogP contribution < -0.4 is 0 Å². The summed E-state index contributed by atoms with van der Waals surface area (Å²) in [6.45, 7) is 18.1. The van der Waals surface area contributed by atoms with Gasteiger partial charge >= 0.3 is 23.9 Å². The van der Waals surface area contributed by atoms with E-state index in [-0.39, 0.29) is 53.5 Å². The first-order valence-electron chi connectivity index (χ1n) is 19.7. The zero-order chi connectivity index (χ0) is 37.5. The molecule has 11 fully saturated rings. The maximum absolute atomic E-state index is 12.0. The molecule has 10 bridgehead atoms. The number of carbonyl (C=O) groups is 4. The van der Waals surface area contributed by atoms with Crippen molar-refractivity contribution >= 4 is 23.9 Å². The summed E-state index contributed by atoms with van der Waals surface area (Å²) in [5, 5.41) is 21.0. The highest BCUT2D eigenvalue weighted by Crippen LogP contribution is 2.62. The van der Waals surface area contributed by atoms with Crippen LogP contribution in [0.1, 0.15) is 118 Å². The summed E-state index contributed by atoms with van der Waals surface area (Å²) in [4.78, 5) is 46.7. The summed E-state index contributed by atoms with van der Waals surface area (Å²) >= 11 is 0. The van der Waals surface area contributed by atoms with Crippen LogP contribution in [0.3, 0.4) is 0 Å². The molecule has 1 aliphatic heterocycles. The maximum atomic E-state index is 12.0. The van der Waals surface area contributed by atoms with Crippen molar-refractivity contribution in [2.45, 2.75) is 152 Å². The summed E-state index contributed by atoms with van der Waals surface area (Å²) in [5.41, 5.74) is -1.26. The number of aliphatic hydroxyl groups is 2. The lowest BCUT2D eigenvalue weighted by Gasteiger charge is -2.62. The van der Waals surface area contributed by atoms with Gasteiger partial charge in [-0.2, -0.15) is 0 Å². The smallest absolute Gasteiger partial charge is 0.333 e. The molecule has 11 aliphatic rings. The lowest BCUT2D eigenvalue weighted by Crippen LogP contribution is -2.66. The van der Waals surface area contributed by atoms with E-state index in [0.717, 1.165) is 50.4 Å². The topological polar surface area (TPSA) is 146 Å². The van der Waals surface area contributed by atoms with Crippen LogP contribution in [0.25, 0.3) is 0 Å². The fourth-order valence-electron chi connectivity index (χ4n) is 13.0. The molecular formula is C42H58O10. The zero-order valence-corrected chi connectivity index (χ0v) is 31.5. The molecule has 2 N–H and O–H groups in total. The third-order valence-corrected chi connectivity index (χ3v) is 14.3. The van der Waals surface area contributed by atoms with E-state index in [1.54, 1.807) is 20.8 Å². The Hall–Kier alpha value is -2.98. The highest BCUT2D eigenvalue weighted by Gasteiger charge is 2.65. The second kappa shape index (κ2) is 13.1. The van der Waals surface area contributed by atoms with E-state index >= 15 is 0 Å². The minimum Gasteiger partial charge on any atom is -0.458 e. The van der Waals surface area contributed by atoms with Crippen molar-refractivity contribution < 1.29 is 48.3 Å². The van der Waals surface area contributed by atoms with E-state index in [2.05, 4.69) is 26.7 Å². The standard InChI is InChI=1S/C16H24O2.C14H20O4.C12H14O4/c1-4-16(18-15(17)10(2)3)13-6-11-5-12(8-13)9-14(16)7-11;1-9(2)11(15)18-14-5-10-3-12(16,7-14)6-13(17,4-10)8-14;1-5(2)11(13)15-9-6-3-7-8(4-6)12(14)16-10(7)9/h11-14H,2,4-9H2,1,3H3;10,16-17H,1,3-8H2,2H3;6-10H,1,3-4H2,2H3. The molecule has 7 unspecified atom stereocenters. The average molecular weight is 723 g/mol. The number of hydrogen-bond acceptors (Lipinski definition) is 10. The van der Waals surface area contributed by atoms with Crippen LogP contribution >= 0.6 is 0 Å². The first-order chi connectivity index (χ1) is 24.4. The van der Waals surface area contributed by atoms with Gasteiger partial charge in [-0.15, -0.1) is 0 Å². The molecule has 10 aliphatic carbocycles. The minimum absolute atomic E-state index is 0.0646. The van der Waals surface area contributed by atoms with E-state index in [4.69, 9.17) is 18.9 Å². The summed E-state index contributed by atoms with van der Waals surface area (Å²) < 4.78 is 22.2. The van der Waals surface area contributed by atoms with Crippen molar-refractivity contribution in [1.29, 1.82) is 0 Å². The Morgan fingerprint density at radius 2 is 1.27 bits per heavy atom. The summed E-state index contributed by atoms with van der Waals surface area (Å²) in [5.74, 6) is 2.88. The van der Waals surface area contributed by atoms with Gasteiger partial charge in [-0.1, -0.05) is 26.7 Å². The highest BCUT2D eigenvalue weighted by atomic mass is 16.6. The second-order valence-electron chi connectivity index (χ2n) is 18.6. The molecule has 1 heterocycles. The largest absolute Gasteiger partial charge is 0.458 e. The Labute approximate surface area is 307 Å². The van der Waals surface area contributed by atoms with E-state index in [0.29, 0.717) is 53.7 Å². The molecule has 0 radical (unpaired) electrons. The van der Waals surface area contributed by atoms with Crippen molar-refractivity contribution in [3.63, 3.8) is 0 Å². The Morgan fingerprint density at radius 3 is 1.77 bits per heavy atom. The number of hydrogen-bond donors (Lipinski definition) is 2. The Morgan fingerprint density at radius 1 is 0.731 bits per heavy atom. The van der Waals surface area contributed by atoms with Crippen molar-refractivity contribution in [1.82, 2.24) is 0 Å². The van der Waals surface area contributed by atoms with Crippen LogP contribution in [0.15, 0.2) is 36.5 Å². The van der Waals surface area contributed by atoms with Crippen LogP contribution in [-0.4, -0.2) is 68.7 Å². The number of carbonyl (C=O) groups excluding carboxylic acids is 4. The van der Waals surface area contributed by atoms with Gasteiger partial charge in [0.15, 0.2) is 0 Å². The molecule has 10 nitrogen and oxygen atoms in total. The molecule has 7 atom stereocenters. The Balaban J connectivity index is 0.000000122. The lowest BCUT2D eigenvalue weighted by atomic mass is 9.49.